The van der Waals surface area contributed by atoms with E-state index in [0.717, 1.165) is 77.8 Å². The lowest BCUT2D eigenvalue weighted by Gasteiger charge is -2.13. The molecule has 4 rings (SSSR count). The highest BCUT2D eigenvalue weighted by Gasteiger charge is 2.35. The lowest BCUT2D eigenvalue weighted by atomic mass is 10.1. The minimum absolute atomic E-state index is 0.139. The average molecular weight is 745 g/mol. The van der Waals surface area contributed by atoms with Gasteiger partial charge in [0.25, 0.3) is 23.6 Å². The number of carbonyl (C=O) groups is 4. The van der Waals surface area contributed by atoms with Crippen molar-refractivity contribution in [2.45, 2.75) is 154 Å². The van der Waals surface area contributed by atoms with Gasteiger partial charge in [0.2, 0.25) is 0 Å². The summed E-state index contributed by atoms with van der Waals surface area (Å²) >= 11 is 0. The Morgan fingerprint density at radius 3 is 0.741 bits per heavy atom. The maximum atomic E-state index is 12.4. The molecule has 0 unspecified atom stereocenters. The molecule has 2 aromatic carbocycles. The molecule has 0 N–H and O–H groups in total. The number of benzene rings is 2. The zero-order valence-corrected chi connectivity index (χ0v) is 33.2. The van der Waals surface area contributed by atoms with Crippen LogP contribution in [0.4, 0.5) is 0 Å². The highest BCUT2D eigenvalue weighted by Crippen LogP contribution is 2.24. The first-order valence-electron chi connectivity index (χ1n) is 21.7. The summed E-state index contributed by atoms with van der Waals surface area (Å²) in [6.07, 6.45) is 28.6. The van der Waals surface area contributed by atoms with E-state index >= 15 is 0 Å². The van der Waals surface area contributed by atoms with Crippen LogP contribution in [0.25, 0.3) is 0 Å². The van der Waals surface area contributed by atoms with E-state index in [2.05, 4.69) is 0 Å². The molecular formula is C46H68N2O6. The van der Waals surface area contributed by atoms with Crippen molar-refractivity contribution in [3.05, 3.63) is 70.8 Å². The van der Waals surface area contributed by atoms with Crippen molar-refractivity contribution >= 4 is 23.6 Å². The van der Waals surface area contributed by atoms with Crippen molar-refractivity contribution in [1.82, 2.24) is 9.80 Å². The van der Waals surface area contributed by atoms with Gasteiger partial charge in [0.1, 0.15) is 0 Å². The van der Waals surface area contributed by atoms with Crippen molar-refractivity contribution < 1.29 is 28.7 Å². The predicted octanol–water partition coefficient (Wildman–Crippen LogP) is 11.0. The quantitative estimate of drug-likeness (QED) is 0.0533. The predicted molar refractivity (Wildman–Crippen MR) is 216 cm³/mol. The lowest BCUT2D eigenvalue weighted by molar-refractivity contribution is 0.0636. The van der Waals surface area contributed by atoms with Gasteiger partial charge in [-0.1, -0.05) is 140 Å². The smallest absolute Gasteiger partial charge is 0.261 e. The fraction of sp³-hybridized carbons (Fsp3) is 0.652. The van der Waals surface area contributed by atoms with Gasteiger partial charge < -0.3 is 9.47 Å². The molecule has 0 saturated heterocycles. The summed E-state index contributed by atoms with van der Waals surface area (Å²) in [7, 11) is 0. The third-order valence-electron chi connectivity index (χ3n) is 10.9. The van der Waals surface area contributed by atoms with Crippen LogP contribution in [0.2, 0.25) is 0 Å². The average Bonchev–Trinajstić information content (AvgIpc) is 3.58. The van der Waals surface area contributed by atoms with Crippen LogP contribution >= 0.6 is 0 Å². The molecule has 298 valence electrons. The summed E-state index contributed by atoms with van der Waals surface area (Å²) in [5, 5.41) is 0. The normalized spacial score (nSPS) is 13.8. The van der Waals surface area contributed by atoms with Gasteiger partial charge in [-0.25, -0.2) is 0 Å². The first-order chi connectivity index (χ1) is 26.6. The van der Waals surface area contributed by atoms with Gasteiger partial charge in [0.05, 0.1) is 22.3 Å². The van der Waals surface area contributed by atoms with E-state index in [1.807, 2.05) is 24.3 Å². The molecule has 2 heterocycles. The molecule has 2 aliphatic rings. The minimum Gasteiger partial charge on any atom is -0.381 e. The highest BCUT2D eigenvalue weighted by molar-refractivity contribution is 6.22. The Balaban J connectivity index is 0.777. The van der Waals surface area contributed by atoms with Crippen molar-refractivity contribution in [3.8, 4) is 0 Å². The molecule has 2 aliphatic heterocycles. The fourth-order valence-corrected chi connectivity index (χ4v) is 7.63. The van der Waals surface area contributed by atoms with Crippen LogP contribution in [-0.4, -0.2) is 72.9 Å². The molecule has 8 nitrogen and oxygen atoms in total. The van der Waals surface area contributed by atoms with Crippen molar-refractivity contribution in [2.75, 3.05) is 39.5 Å². The monoisotopic (exact) mass is 745 g/mol. The van der Waals surface area contributed by atoms with Crippen LogP contribution in [-0.2, 0) is 9.47 Å². The zero-order valence-electron chi connectivity index (χ0n) is 33.2. The van der Waals surface area contributed by atoms with Gasteiger partial charge in [0.15, 0.2) is 0 Å². The van der Waals surface area contributed by atoms with Crippen LogP contribution in [0.3, 0.4) is 0 Å². The number of ether oxygens (including phenoxy) is 2. The Hall–Kier alpha value is -3.36. The van der Waals surface area contributed by atoms with E-state index in [4.69, 9.17) is 9.47 Å². The molecular weight excluding hydrogens is 677 g/mol. The van der Waals surface area contributed by atoms with E-state index in [1.54, 1.807) is 24.3 Å². The summed E-state index contributed by atoms with van der Waals surface area (Å²) in [5.74, 6) is -0.555. The Morgan fingerprint density at radius 1 is 0.296 bits per heavy atom. The van der Waals surface area contributed by atoms with E-state index < -0.39 is 0 Å². The van der Waals surface area contributed by atoms with Crippen LogP contribution < -0.4 is 0 Å². The molecule has 0 saturated carbocycles. The fourth-order valence-electron chi connectivity index (χ4n) is 7.63. The van der Waals surface area contributed by atoms with Crippen LogP contribution in [0.1, 0.15) is 196 Å². The third-order valence-corrected chi connectivity index (χ3v) is 10.9. The van der Waals surface area contributed by atoms with Gasteiger partial charge in [-0.05, 0) is 62.8 Å². The summed E-state index contributed by atoms with van der Waals surface area (Å²) in [5.41, 5.74) is 2.18. The topological polar surface area (TPSA) is 93.2 Å². The summed E-state index contributed by atoms with van der Waals surface area (Å²) < 4.78 is 11.7. The number of nitrogens with zero attached hydrogens (tertiary/aromatic N) is 2. The Labute approximate surface area is 325 Å². The maximum absolute atomic E-state index is 12.4. The van der Waals surface area contributed by atoms with Gasteiger partial charge >= 0.3 is 0 Å². The summed E-state index contributed by atoms with van der Waals surface area (Å²) in [4.78, 5) is 52.5. The Bertz CT molecular complexity index is 1230. The molecule has 0 fully saturated rings. The standard InChI is InChI=1S/C46H68N2O6/c49-43-39-29-19-20-30-40(39)44(50)47(43)33-23-13-7-1-3-9-15-25-35-53-37-27-17-11-5-6-12-18-28-38-54-36-26-16-10-4-2-8-14-24-34-48-45(51)41-31-21-22-32-42(41)46(48)52/h19-22,29-32H,1-18,23-28,33-38H2. The molecule has 8 heteroatoms. The van der Waals surface area contributed by atoms with E-state index in [9.17, 15) is 19.2 Å². The number of amides is 4. The summed E-state index contributed by atoms with van der Waals surface area (Å²) in [6.45, 7) is 4.62. The Kier molecular flexibility index (Phi) is 21.2. The zero-order chi connectivity index (χ0) is 38.1. The van der Waals surface area contributed by atoms with Crippen LogP contribution in [0.15, 0.2) is 48.5 Å². The van der Waals surface area contributed by atoms with Gasteiger partial charge in [-0.2, -0.15) is 0 Å². The largest absolute Gasteiger partial charge is 0.381 e. The van der Waals surface area contributed by atoms with Crippen molar-refractivity contribution in [1.29, 1.82) is 0 Å². The number of hydrogen-bond donors (Lipinski definition) is 0. The first-order valence-corrected chi connectivity index (χ1v) is 21.7. The van der Waals surface area contributed by atoms with Crippen molar-refractivity contribution in [3.63, 3.8) is 0 Å². The number of carbonyl (C=O) groups excluding carboxylic acids is 4. The molecule has 0 radical (unpaired) electrons. The SMILES string of the molecule is O=C1c2ccccc2C(=O)N1CCCCCCCCCCOCCCCCCCCCCOCCCCCCCCCCN1C(=O)c2ccccc2C1=O. The molecule has 54 heavy (non-hydrogen) atoms. The summed E-state index contributed by atoms with van der Waals surface area (Å²) in [6, 6.07) is 14.2. The number of imide groups is 2. The molecule has 0 spiro atoms. The van der Waals surface area contributed by atoms with E-state index in [0.29, 0.717) is 35.3 Å². The third kappa shape index (κ3) is 15.1. The number of unbranched alkanes of at least 4 members (excludes halogenated alkanes) is 21. The second-order valence-electron chi connectivity index (χ2n) is 15.3. The van der Waals surface area contributed by atoms with Crippen LogP contribution in [0, 0.1) is 0 Å². The molecule has 0 atom stereocenters. The molecule has 0 bridgehead atoms. The minimum atomic E-state index is -0.139. The van der Waals surface area contributed by atoms with Crippen LogP contribution in [0.5, 0.6) is 0 Å². The Morgan fingerprint density at radius 2 is 0.500 bits per heavy atom. The molecule has 0 aromatic heterocycles. The second kappa shape index (κ2) is 26.4. The maximum Gasteiger partial charge on any atom is 0.261 e. The first kappa shape index (κ1) is 43.4. The van der Waals surface area contributed by atoms with E-state index in [-0.39, 0.29) is 23.6 Å². The number of rotatable bonds is 33. The highest BCUT2D eigenvalue weighted by atomic mass is 16.5. The van der Waals surface area contributed by atoms with Gasteiger partial charge in [0, 0.05) is 39.5 Å². The molecule has 2 aromatic rings. The number of hydrogen-bond acceptors (Lipinski definition) is 6. The molecule has 0 aliphatic carbocycles. The second-order valence-corrected chi connectivity index (χ2v) is 15.3. The molecule has 4 amide bonds. The van der Waals surface area contributed by atoms with Gasteiger partial charge in [-0.15, -0.1) is 0 Å². The number of fused-ring (bicyclic) bond motifs is 2. The van der Waals surface area contributed by atoms with Crippen molar-refractivity contribution in [2.24, 2.45) is 0 Å². The van der Waals surface area contributed by atoms with Gasteiger partial charge in [-0.3, -0.25) is 29.0 Å². The van der Waals surface area contributed by atoms with E-state index in [1.165, 1.54) is 113 Å². The lowest BCUT2D eigenvalue weighted by Crippen LogP contribution is -2.30.